The molecule has 2 heterocycles. The molecule has 1 saturated heterocycles. The maximum Gasteiger partial charge on any atom is 0.330 e. The predicted octanol–water partition coefficient (Wildman–Crippen LogP) is -1.98. The number of aliphatic hydroxyl groups excluding tert-OH is 1. The summed E-state index contributed by atoms with van der Waals surface area (Å²) in [6.45, 7) is -0.270. The Hall–Kier alpha value is -1.68. The summed E-state index contributed by atoms with van der Waals surface area (Å²) >= 11 is 0. The third-order valence-electron chi connectivity index (χ3n) is 4.05. The molecule has 2 rings (SSSR count). The van der Waals surface area contributed by atoms with Gasteiger partial charge in [0.1, 0.15) is 38.7 Å². The summed E-state index contributed by atoms with van der Waals surface area (Å²) in [4.78, 5) is 26.1. The lowest BCUT2D eigenvalue weighted by Gasteiger charge is -2.26. The van der Waals surface area contributed by atoms with Crippen molar-refractivity contribution < 1.29 is 43.4 Å². The highest BCUT2D eigenvalue weighted by atomic mass is 16.7. The maximum absolute atomic E-state index is 12.5. The van der Waals surface area contributed by atoms with Gasteiger partial charge in [-0.3, -0.25) is 14.3 Å². The molecular weight excluding hydrogens is 396 g/mol. The first-order chi connectivity index (χ1) is 13.9. The van der Waals surface area contributed by atoms with Crippen molar-refractivity contribution in [2.45, 2.75) is 30.8 Å². The van der Waals surface area contributed by atoms with E-state index in [-0.39, 0.29) is 32.7 Å². The van der Waals surface area contributed by atoms with Crippen LogP contribution in [0, 0.1) is 0 Å². The summed E-state index contributed by atoms with van der Waals surface area (Å²) in [7, 11) is 4.29. The molecule has 13 nitrogen and oxygen atoms in total. The summed E-state index contributed by atoms with van der Waals surface area (Å²) in [5, 5.41) is 19.3. The van der Waals surface area contributed by atoms with Gasteiger partial charge in [-0.1, -0.05) is 0 Å². The molecule has 0 aromatic carbocycles. The van der Waals surface area contributed by atoms with Crippen LogP contribution < -0.4 is 11.2 Å². The molecule has 166 valence electrons. The average Bonchev–Trinajstić information content (AvgIpc) is 3.01. The summed E-state index contributed by atoms with van der Waals surface area (Å²) in [5.41, 5.74) is -2.09. The fourth-order valence-electron chi connectivity index (χ4n) is 2.95. The average molecular weight is 422 g/mol. The number of aromatic amines is 1. The van der Waals surface area contributed by atoms with Gasteiger partial charge in [0, 0.05) is 27.4 Å². The van der Waals surface area contributed by atoms with E-state index in [4.69, 9.17) is 33.2 Å². The number of methoxy groups -OCH3 is 3. The Morgan fingerprint density at radius 3 is 2.28 bits per heavy atom. The molecule has 1 aliphatic heterocycles. The van der Waals surface area contributed by atoms with Crippen LogP contribution in [0.3, 0.4) is 0 Å². The molecule has 4 atom stereocenters. The van der Waals surface area contributed by atoms with Crippen LogP contribution >= 0.6 is 0 Å². The number of H-pyrrole nitrogens is 1. The minimum Gasteiger partial charge on any atom is -0.363 e. The zero-order valence-corrected chi connectivity index (χ0v) is 16.3. The zero-order chi connectivity index (χ0) is 21.4. The molecule has 3 N–H and O–H groups in total. The van der Waals surface area contributed by atoms with Gasteiger partial charge in [0.25, 0.3) is 5.56 Å². The van der Waals surface area contributed by atoms with Crippen molar-refractivity contribution >= 4 is 0 Å². The molecule has 0 unspecified atom stereocenters. The molecule has 13 heteroatoms. The highest BCUT2D eigenvalue weighted by molar-refractivity contribution is 5.06. The van der Waals surface area contributed by atoms with Gasteiger partial charge in [-0.25, -0.2) is 4.79 Å². The number of aromatic nitrogens is 2. The third kappa shape index (κ3) is 5.91. The van der Waals surface area contributed by atoms with Crippen molar-refractivity contribution in [2.24, 2.45) is 0 Å². The lowest BCUT2D eigenvalue weighted by atomic mass is 10.1. The van der Waals surface area contributed by atoms with Crippen LogP contribution in [-0.2, 0) is 33.2 Å². The van der Waals surface area contributed by atoms with E-state index in [9.17, 15) is 19.8 Å². The second kappa shape index (κ2) is 11.5. The van der Waals surface area contributed by atoms with E-state index in [1.807, 2.05) is 0 Å². The van der Waals surface area contributed by atoms with Crippen molar-refractivity contribution in [3.05, 3.63) is 32.6 Å². The Morgan fingerprint density at radius 2 is 1.69 bits per heavy atom. The molecule has 1 aliphatic rings. The number of ether oxygens (including phenoxy) is 7. The van der Waals surface area contributed by atoms with Crippen LogP contribution in [0.4, 0.5) is 0 Å². The summed E-state index contributed by atoms with van der Waals surface area (Å²) in [6, 6.07) is 0.878. The second-order valence-corrected chi connectivity index (χ2v) is 6.03. The van der Waals surface area contributed by atoms with Crippen LogP contribution in [0.1, 0.15) is 18.2 Å². The highest BCUT2D eigenvalue weighted by Gasteiger charge is 2.48. The van der Waals surface area contributed by atoms with Crippen LogP contribution in [0.15, 0.2) is 15.7 Å². The van der Waals surface area contributed by atoms with Crippen LogP contribution in [0.2, 0.25) is 0 Å². The Balaban J connectivity index is 2.44. The van der Waals surface area contributed by atoms with E-state index in [1.54, 1.807) is 0 Å². The van der Waals surface area contributed by atoms with Gasteiger partial charge in [-0.15, -0.1) is 0 Å². The Kier molecular flexibility index (Phi) is 9.35. The lowest BCUT2D eigenvalue weighted by molar-refractivity contribution is -0.161. The second-order valence-electron chi connectivity index (χ2n) is 6.03. The van der Waals surface area contributed by atoms with Crippen molar-refractivity contribution in [2.75, 3.05) is 48.3 Å². The van der Waals surface area contributed by atoms with Gasteiger partial charge in [0.2, 0.25) is 0 Å². The molecule has 1 aromatic heterocycles. The molecule has 1 fully saturated rings. The molecule has 29 heavy (non-hydrogen) atoms. The minimum absolute atomic E-state index is 0.00959. The van der Waals surface area contributed by atoms with Gasteiger partial charge in [-0.05, 0) is 0 Å². The smallest absolute Gasteiger partial charge is 0.330 e. The Morgan fingerprint density at radius 1 is 1.07 bits per heavy atom. The van der Waals surface area contributed by atoms with E-state index >= 15 is 0 Å². The van der Waals surface area contributed by atoms with Crippen LogP contribution in [0.25, 0.3) is 0 Å². The van der Waals surface area contributed by atoms with E-state index in [1.165, 1.54) is 21.3 Å². The van der Waals surface area contributed by atoms with Gasteiger partial charge >= 0.3 is 5.69 Å². The molecule has 0 bridgehead atoms. The van der Waals surface area contributed by atoms with E-state index in [0.717, 1.165) is 10.6 Å². The summed E-state index contributed by atoms with van der Waals surface area (Å²) < 4.78 is 38.2. The molecule has 1 aromatic rings. The fourth-order valence-corrected chi connectivity index (χ4v) is 2.95. The highest BCUT2D eigenvalue weighted by Crippen LogP contribution is 2.34. The molecule has 0 radical (unpaired) electrons. The van der Waals surface area contributed by atoms with Crippen molar-refractivity contribution in [3.8, 4) is 0 Å². The number of hydrogen-bond donors (Lipinski definition) is 3. The Bertz CT molecular complexity index is 734. The van der Waals surface area contributed by atoms with Crippen molar-refractivity contribution in [3.63, 3.8) is 0 Å². The number of aliphatic hydroxyl groups is 2. The zero-order valence-electron chi connectivity index (χ0n) is 16.3. The van der Waals surface area contributed by atoms with Gasteiger partial charge < -0.3 is 43.4 Å². The molecule has 0 aliphatic carbocycles. The van der Waals surface area contributed by atoms with E-state index in [0.29, 0.717) is 0 Å². The maximum atomic E-state index is 12.5. The van der Waals surface area contributed by atoms with Gasteiger partial charge in [0.05, 0.1) is 12.3 Å². The molecule has 0 saturated carbocycles. The number of hydrogen-bond acceptors (Lipinski definition) is 11. The first-order valence-corrected chi connectivity index (χ1v) is 8.59. The monoisotopic (exact) mass is 422 g/mol. The SMILES string of the molecule is COCOC[C@H]1O[C@@H](n2c(C(O)O)cc(=O)[nH]c2=O)[C@H](OCOC)[C@@H]1OCOC. The minimum atomic E-state index is -2.11. The summed E-state index contributed by atoms with van der Waals surface area (Å²) in [6.07, 6.45) is -5.77. The Labute approximate surface area is 165 Å². The molecule has 0 amide bonds. The van der Waals surface area contributed by atoms with E-state index < -0.39 is 42.1 Å². The molecule has 0 spiro atoms. The first-order valence-electron chi connectivity index (χ1n) is 8.59. The van der Waals surface area contributed by atoms with Crippen molar-refractivity contribution in [1.29, 1.82) is 0 Å². The number of rotatable bonds is 12. The summed E-state index contributed by atoms with van der Waals surface area (Å²) in [5.74, 6) is 0. The predicted molar refractivity (Wildman–Crippen MR) is 93.7 cm³/mol. The van der Waals surface area contributed by atoms with E-state index in [2.05, 4.69) is 4.98 Å². The normalized spacial score (nSPS) is 24.5. The van der Waals surface area contributed by atoms with Gasteiger partial charge in [0.15, 0.2) is 12.5 Å². The third-order valence-corrected chi connectivity index (χ3v) is 4.05. The van der Waals surface area contributed by atoms with Crippen molar-refractivity contribution in [1.82, 2.24) is 9.55 Å². The van der Waals surface area contributed by atoms with Gasteiger partial charge in [-0.2, -0.15) is 0 Å². The first kappa shape index (κ1) is 23.6. The van der Waals surface area contributed by atoms with Crippen LogP contribution in [0.5, 0.6) is 0 Å². The topological polar surface area (TPSA) is 160 Å². The molecular formula is C16H26N2O11. The standard InChI is InChI=1S/C16H26N2O11/c1-23-6-26-5-10-12(27-7-24-2)13(28-8-25-3)14(29-10)18-9(15(20)21)4-11(19)17-16(18)22/h4,10,12-15,20-21H,5-8H2,1-3H3,(H,17,19,22)/t10-,12-,13-,14-/m1/s1. The van der Waals surface area contributed by atoms with Crippen LogP contribution in [-0.4, -0.2) is 86.4 Å². The lowest BCUT2D eigenvalue weighted by Crippen LogP contribution is -2.43. The number of nitrogens with one attached hydrogen (secondary N) is 1. The number of nitrogens with zero attached hydrogens (tertiary/aromatic N) is 1. The quantitative estimate of drug-likeness (QED) is 0.253. The fraction of sp³-hybridized carbons (Fsp3) is 0.750. The largest absolute Gasteiger partial charge is 0.363 e.